The highest BCUT2D eigenvalue weighted by molar-refractivity contribution is 5.10. The summed E-state index contributed by atoms with van der Waals surface area (Å²) in [7, 11) is 0. The lowest BCUT2D eigenvalue weighted by Gasteiger charge is -2.19. The number of aryl methyl sites for hydroxylation is 1. The Balaban J connectivity index is 2.04. The molecule has 3 atom stereocenters. The van der Waals surface area contributed by atoms with Crippen LogP contribution in [0.2, 0.25) is 0 Å². The first-order valence-electron chi connectivity index (χ1n) is 6.04. The molecule has 0 saturated carbocycles. The van der Waals surface area contributed by atoms with E-state index < -0.39 is 6.10 Å². The first kappa shape index (κ1) is 11.6. The Labute approximate surface area is 96.2 Å². The summed E-state index contributed by atoms with van der Waals surface area (Å²) >= 11 is 0. The van der Waals surface area contributed by atoms with Gasteiger partial charge in [0.15, 0.2) is 0 Å². The SMILES string of the molecule is CCCn1cc(C(O)C2CCOC2C)cn1. The zero-order chi connectivity index (χ0) is 11.5. The lowest BCUT2D eigenvalue weighted by atomic mass is 9.92. The van der Waals surface area contributed by atoms with Crippen molar-refractivity contribution in [3.8, 4) is 0 Å². The van der Waals surface area contributed by atoms with E-state index in [1.165, 1.54) is 0 Å². The van der Waals surface area contributed by atoms with Gasteiger partial charge in [0.25, 0.3) is 0 Å². The van der Waals surface area contributed by atoms with E-state index >= 15 is 0 Å². The second-order valence-electron chi connectivity index (χ2n) is 4.51. The molecule has 3 unspecified atom stereocenters. The largest absolute Gasteiger partial charge is 0.388 e. The van der Waals surface area contributed by atoms with Crippen molar-refractivity contribution in [3.05, 3.63) is 18.0 Å². The van der Waals surface area contributed by atoms with Crippen molar-refractivity contribution in [1.82, 2.24) is 9.78 Å². The molecule has 2 rings (SSSR count). The zero-order valence-corrected chi connectivity index (χ0v) is 9.97. The standard InChI is InChI=1S/C12H20N2O2/c1-3-5-14-8-10(7-13-14)12(15)11-4-6-16-9(11)2/h7-9,11-12,15H,3-6H2,1-2H3. The number of nitrogens with zero attached hydrogens (tertiary/aromatic N) is 2. The molecule has 1 N–H and O–H groups in total. The molecule has 1 aromatic heterocycles. The first-order chi connectivity index (χ1) is 7.72. The van der Waals surface area contributed by atoms with Crippen LogP contribution in [0.15, 0.2) is 12.4 Å². The molecule has 1 saturated heterocycles. The van der Waals surface area contributed by atoms with Crippen molar-refractivity contribution in [2.75, 3.05) is 6.61 Å². The second-order valence-corrected chi connectivity index (χ2v) is 4.51. The van der Waals surface area contributed by atoms with Crippen LogP contribution >= 0.6 is 0 Å². The van der Waals surface area contributed by atoms with E-state index in [1.807, 2.05) is 17.8 Å². The number of hydrogen-bond acceptors (Lipinski definition) is 3. The molecule has 1 aromatic rings. The minimum atomic E-state index is -0.442. The second kappa shape index (κ2) is 4.97. The first-order valence-corrected chi connectivity index (χ1v) is 6.04. The molecule has 2 heterocycles. The Kier molecular flexibility index (Phi) is 3.61. The van der Waals surface area contributed by atoms with Crippen LogP contribution in [0, 0.1) is 5.92 Å². The maximum atomic E-state index is 10.2. The lowest BCUT2D eigenvalue weighted by molar-refractivity contribution is 0.0431. The van der Waals surface area contributed by atoms with Gasteiger partial charge in [-0.2, -0.15) is 5.10 Å². The quantitative estimate of drug-likeness (QED) is 0.847. The maximum absolute atomic E-state index is 10.2. The summed E-state index contributed by atoms with van der Waals surface area (Å²) in [6, 6.07) is 0. The van der Waals surface area contributed by atoms with Crippen molar-refractivity contribution in [3.63, 3.8) is 0 Å². The van der Waals surface area contributed by atoms with E-state index in [2.05, 4.69) is 12.0 Å². The summed E-state index contributed by atoms with van der Waals surface area (Å²) in [6.45, 7) is 5.80. The van der Waals surface area contributed by atoms with E-state index in [1.54, 1.807) is 6.20 Å². The third-order valence-electron chi connectivity index (χ3n) is 3.29. The van der Waals surface area contributed by atoms with Crippen LogP contribution in [-0.2, 0) is 11.3 Å². The molecule has 0 spiro atoms. The molecule has 1 aliphatic rings. The highest BCUT2D eigenvalue weighted by Gasteiger charge is 2.32. The molecule has 0 amide bonds. The van der Waals surface area contributed by atoms with Crippen LogP contribution in [-0.4, -0.2) is 27.6 Å². The molecule has 0 bridgehead atoms. The van der Waals surface area contributed by atoms with Gasteiger partial charge in [-0.1, -0.05) is 6.92 Å². The smallest absolute Gasteiger partial charge is 0.0874 e. The van der Waals surface area contributed by atoms with Gasteiger partial charge in [0, 0.05) is 30.8 Å². The topological polar surface area (TPSA) is 47.3 Å². The molecular formula is C12H20N2O2. The summed E-state index contributed by atoms with van der Waals surface area (Å²) in [5, 5.41) is 14.5. The van der Waals surface area contributed by atoms with Crippen LogP contribution in [0.1, 0.15) is 38.4 Å². The van der Waals surface area contributed by atoms with E-state index in [9.17, 15) is 5.11 Å². The van der Waals surface area contributed by atoms with Gasteiger partial charge in [-0.25, -0.2) is 0 Å². The lowest BCUT2D eigenvalue weighted by Crippen LogP contribution is -2.19. The molecule has 1 aliphatic heterocycles. The Morgan fingerprint density at radius 3 is 3.12 bits per heavy atom. The minimum absolute atomic E-state index is 0.143. The Morgan fingerprint density at radius 1 is 1.69 bits per heavy atom. The summed E-state index contributed by atoms with van der Waals surface area (Å²) in [6.07, 6.45) is 5.40. The average Bonchev–Trinajstić information content (AvgIpc) is 2.87. The van der Waals surface area contributed by atoms with E-state index in [0.717, 1.165) is 31.6 Å². The van der Waals surface area contributed by atoms with Crippen molar-refractivity contribution >= 4 is 0 Å². The van der Waals surface area contributed by atoms with Gasteiger partial charge in [0.2, 0.25) is 0 Å². The van der Waals surface area contributed by atoms with Crippen molar-refractivity contribution in [2.45, 2.75) is 45.4 Å². The predicted molar refractivity (Wildman–Crippen MR) is 61.0 cm³/mol. The Bertz CT molecular complexity index is 338. The molecule has 1 fully saturated rings. The molecule has 16 heavy (non-hydrogen) atoms. The summed E-state index contributed by atoms with van der Waals surface area (Å²) in [5.41, 5.74) is 0.913. The van der Waals surface area contributed by atoms with Crippen LogP contribution in [0.25, 0.3) is 0 Å². The van der Waals surface area contributed by atoms with Crippen LogP contribution in [0.3, 0.4) is 0 Å². The number of rotatable bonds is 4. The summed E-state index contributed by atoms with van der Waals surface area (Å²) in [5.74, 6) is 0.208. The van der Waals surface area contributed by atoms with Crippen LogP contribution in [0.5, 0.6) is 0 Å². The monoisotopic (exact) mass is 224 g/mol. The predicted octanol–water partition coefficient (Wildman–Crippen LogP) is 1.75. The Morgan fingerprint density at radius 2 is 2.50 bits per heavy atom. The fourth-order valence-corrected chi connectivity index (χ4v) is 2.29. The van der Waals surface area contributed by atoms with Gasteiger partial charge in [0.05, 0.1) is 18.4 Å². The summed E-state index contributed by atoms with van der Waals surface area (Å²) < 4.78 is 7.36. The third-order valence-corrected chi connectivity index (χ3v) is 3.29. The van der Waals surface area contributed by atoms with Gasteiger partial charge in [0.1, 0.15) is 0 Å². The number of hydrogen-bond donors (Lipinski definition) is 1. The highest BCUT2D eigenvalue weighted by Crippen LogP contribution is 2.32. The van der Waals surface area contributed by atoms with Crippen molar-refractivity contribution < 1.29 is 9.84 Å². The van der Waals surface area contributed by atoms with Gasteiger partial charge in [-0.15, -0.1) is 0 Å². The Hall–Kier alpha value is -0.870. The molecule has 0 radical (unpaired) electrons. The molecule has 4 nitrogen and oxygen atoms in total. The third kappa shape index (κ3) is 2.28. The van der Waals surface area contributed by atoms with Gasteiger partial charge < -0.3 is 9.84 Å². The average molecular weight is 224 g/mol. The van der Waals surface area contributed by atoms with Crippen LogP contribution in [0.4, 0.5) is 0 Å². The van der Waals surface area contributed by atoms with Gasteiger partial charge >= 0.3 is 0 Å². The maximum Gasteiger partial charge on any atom is 0.0874 e. The molecule has 90 valence electrons. The highest BCUT2D eigenvalue weighted by atomic mass is 16.5. The van der Waals surface area contributed by atoms with E-state index in [4.69, 9.17) is 4.74 Å². The van der Waals surface area contributed by atoms with Gasteiger partial charge in [-0.05, 0) is 19.8 Å². The van der Waals surface area contributed by atoms with Crippen molar-refractivity contribution in [1.29, 1.82) is 0 Å². The number of aliphatic hydroxyl groups is 1. The number of aliphatic hydroxyl groups excluding tert-OH is 1. The molecule has 0 aromatic carbocycles. The fraction of sp³-hybridized carbons (Fsp3) is 0.750. The number of ether oxygens (including phenoxy) is 1. The van der Waals surface area contributed by atoms with Crippen molar-refractivity contribution in [2.24, 2.45) is 5.92 Å². The fourth-order valence-electron chi connectivity index (χ4n) is 2.29. The molecule has 0 aliphatic carbocycles. The van der Waals surface area contributed by atoms with E-state index in [-0.39, 0.29) is 12.0 Å². The zero-order valence-electron chi connectivity index (χ0n) is 9.97. The van der Waals surface area contributed by atoms with Gasteiger partial charge in [-0.3, -0.25) is 4.68 Å². The number of aromatic nitrogens is 2. The summed E-state index contributed by atoms with van der Waals surface area (Å²) in [4.78, 5) is 0. The van der Waals surface area contributed by atoms with E-state index in [0.29, 0.717) is 0 Å². The molecule has 4 heteroatoms. The molecular weight excluding hydrogens is 204 g/mol. The van der Waals surface area contributed by atoms with Crippen LogP contribution < -0.4 is 0 Å². The normalized spacial score (nSPS) is 27.2. The minimum Gasteiger partial charge on any atom is -0.388 e.